The number of benzene rings is 3. The van der Waals surface area contributed by atoms with E-state index < -0.39 is 0 Å². The van der Waals surface area contributed by atoms with Crippen molar-refractivity contribution in [3.8, 4) is 28.0 Å². The predicted molar refractivity (Wildman–Crippen MR) is 88.6 cm³/mol. The lowest BCUT2D eigenvalue weighted by Crippen LogP contribution is -1.92. The van der Waals surface area contributed by atoms with E-state index in [2.05, 4.69) is 67.6 Å². The Morgan fingerprint density at radius 3 is 1.48 bits per heavy atom. The molecule has 104 valence electrons. The van der Waals surface area contributed by atoms with Gasteiger partial charge in [-0.1, -0.05) is 60.7 Å². The van der Waals surface area contributed by atoms with Crippen LogP contribution in [-0.2, 0) is 0 Å². The molecule has 3 aromatic rings. The third-order valence-corrected chi connectivity index (χ3v) is 3.79. The van der Waals surface area contributed by atoms with Crippen molar-refractivity contribution in [1.82, 2.24) is 0 Å². The van der Waals surface area contributed by atoms with Crippen molar-refractivity contribution in [2.24, 2.45) is 0 Å². The molecule has 0 saturated carbocycles. The van der Waals surface area contributed by atoms with E-state index in [1.807, 2.05) is 12.1 Å². The highest BCUT2D eigenvalue weighted by molar-refractivity contribution is 5.80. The summed E-state index contributed by atoms with van der Waals surface area (Å²) in [5.74, 6) is 0.887. The van der Waals surface area contributed by atoms with Crippen molar-refractivity contribution < 1.29 is 4.74 Å². The van der Waals surface area contributed by atoms with Crippen LogP contribution in [-0.4, -0.2) is 7.11 Å². The lowest BCUT2D eigenvalue weighted by molar-refractivity contribution is 0.415. The molecule has 3 rings (SSSR count). The zero-order valence-corrected chi connectivity index (χ0v) is 12.3. The lowest BCUT2D eigenvalue weighted by atomic mass is 9.92. The Bertz CT molecular complexity index is 670. The first-order valence-corrected chi connectivity index (χ1v) is 7.09. The quantitative estimate of drug-likeness (QED) is 0.626. The Labute approximate surface area is 125 Å². The summed E-state index contributed by atoms with van der Waals surface area (Å²) >= 11 is 0. The molecule has 0 fully saturated rings. The summed E-state index contributed by atoms with van der Waals surface area (Å²) in [7, 11) is 1.72. The average Bonchev–Trinajstić information content (AvgIpc) is 2.57. The Morgan fingerprint density at radius 2 is 1.10 bits per heavy atom. The Morgan fingerprint density at radius 1 is 0.667 bits per heavy atom. The van der Waals surface area contributed by atoms with Crippen LogP contribution < -0.4 is 4.74 Å². The third kappa shape index (κ3) is 2.68. The lowest BCUT2D eigenvalue weighted by Gasteiger charge is -2.14. The van der Waals surface area contributed by atoms with Crippen molar-refractivity contribution in [3.05, 3.63) is 78.4 Å². The second-order valence-electron chi connectivity index (χ2n) is 5.08. The fraction of sp³-hybridized carbons (Fsp3) is 0.100. The van der Waals surface area contributed by atoms with Crippen LogP contribution in [0.1, 0.15) is 5.56 Å². The summed E-state index contributed by atoms with van der Waals surface area (Å²) in [6, 6.07) is 25.1. The van der Waals surface area contributed by atoms with Crippen molar-refractivity contribution in [1.29, 1.82) is 0 Å². The van der Waals surface area contributed by atoms with Crippen molar-refractivity contribution in [2.45, 2.75) is 6.92 Å². The monoisotopic (exact) mass is 274 g/mol. The zero-order valence-electron chi connectivity index (χ0n) is 12.3. The highest BCUT2D eigenvalue weighted by Gasteiger charge is 2.10. The first kappa shape index (κ1) is 13.4. The van der Waals surface area contributed by atoms with Gasteiger partial charge in [-0.15, -0.1) is 0 Å². The molecule has 3 aromatic carbocycles. The molecule has 0 unspecified atom stereocenters. The number of ether oxygens (including phenoxy) is 1. The molecule has 0 aliphatic rings. The Kier molecular flexibility index (Phi) is 3.74. The van der Waals surface area contributed by atoms with Crippen molar-refractivity contribution >= 4 is 0 Å². The van der Waals surface area contributed by atoms with E-state index in [4.69, 9.17) is 4.74 Å². The molecule has 0 heterocycles. The normalized spacial score (nSPS) is 10.4. The second-order valence-corrected chi connectivity index (χ2v) is 5.08. The number of hydrogen-bond donors (Lipinski definition) is 0. The smallest absolute Gasteiger partial charge is 0.120 e. The summed E-state index contributed by atoms with van der Waals surface area (Å²) < 4.78 is 5.49. The fourth-order valence-electron chi connectivity index (χ4n) is 2.64. The van der Waals surface area contributed by atoms with E-state index in [0.29, 0.717) is 0 Å². The van der Waals surface area contributed by atoms with Crippen molar-refractivity contribution in [3.63, 3.8) is 0 Å². The number of methoxy groups -OCH3 is 1. The second kappa shape index (κ2) is 5.84. The van der Waals surface area contributed by atoms with Gasteiger partial charge in [0.1, 0.15) is 5.75 Å². The fourth-order valence-corrected chi connectivity index (χ4v) is 2.64. The van der Waals surface area contributed by atoms with E-state index >= 15 is 0 Å². The van der Waals surface area contributed by atoms with Crippen molar-refractivity contribution in [2.75, 3.05) is 7.11 Å². The van der Waals surface area contributed by atoms with Gasteiger partial charge in [0, 0.05) is 0 Å². The summed E-state index contributed by atoms with van der Waals surface area (Å²) in [4.78, 5) is 0. The third-order valence-electron chi connectivity index (χ3n) is 3.79. The maximum Gasteiger partial charge on any atom is 0.120 e. The highest BCUT2D eigenvalue weighted by atomic mass is 16.5. The van der Waals surface area contributed by atoms with Crippen LogP contribution in [0, 0.1) is 6.92 Å². The Balaban J connectivity index is 2.23. The molecule has 0 aliphatic carbocycles. The minimum Gasteiger partial charge on any atom is -0.497 e. The van der Waals surface area contributed by atoms with Gasteiger partial charge in [-0.2, -0.15) is 0 Å². The minimum atomic E-state index is 0.887. The molecular formula is C20H18O. The van der Waals surface area contributed by atoms with E-state index in [1.165, 1.54) is 27.8 Å². The Hall–Kier alpha value is -2.54. The van der Waals surface area contributed by atoms with E-state index in [1.54, 1.807) is 7.11 Å². The van der Waals surface area contributed by atoms with Crippen LogP contribution in [0.4, 0.5) is 0 Å². The molecule has 0 radical (unpaired) electrons. The van der Waals surface area contributed by atoms with Gasteiger partial charge in [-0.3, -0.25) is 0 Å². The molecule has 0 saturated heterocycles. The van der Waals surface area contributed by atoms with Gasteiger partial charge in [-0.25, -0.2) is 0 Å². The highest BCUT2D eigenvalue weighted by Crippen LogP contribution is 2.35. The standard InChI is InChI=1S/C20H18O/c1-15-19(16-9-5-3-6-10-16)13-18(21-2)14-20(15)17-11-7-4-8-12-17/h3-14H,1-2H3. The molecule has 0 aromatic heterocycles. The van der Waals surface area contributed by atoms with Crippen LogP contribution in [0.15, 0.2) is 72.8 Å². The van der Waals surface area contributed by atoms with Gasteiger partial charge >= 0.3 is 0 Å². The molecular weight excluding hydrogens is 256 g/mol. The summed E-state index contributed by atoms with van der Waals surface area (Å²) in [5, 5.41) is 0. The van der Waals surface area contributed by atoms with Gasteiger partial charge in [0.25, 0.3) is 0 Å². The summed E-state index contributed by atoms with van der Waals surface area (Å²) in [6.45, 7) is 2.17. The summed E-state index contributed by atoms with van der Waals surface area (Å²) in [5.41, 5.74) is 6.13. The molecule has 0 bridgehead atoms. The molecule has 0 amide bonds. The maximum atomic E-state index is 5.49. The molecule has 0 N–H and O–H groups in total. The molecule has 1 nitrogen and oxygen atoms in total. The van der Waals surface area contributed by atoms with Crippen LogP contribution in [0.5, 0.6) is 5.75 Å². The zero-order chi connectivity index (χ0) is 14.7. The van der Waals surface area contributed by atoms with Crippen LogP contribution in [0.2, 0.25) is 0 Å². The van der Waals surface area contributed by atoms with Gasteiger partial charge in [0.05, 0.1) is 7.11 Å². The van der Waals surface area contributed by atoms with Crippen LogP contribution in [0.25, 0.3) is 22.3 Å². The number of hydrogen-bond acceptors (Lipinski definition) is 1. The molecule has 1 heteroatoms. The molecule has 0 atom stereocenters. The predicted octanol–water partition coefficient (Wildman–Crippen LogP) is 5.34. The van der Waals surface area contributed by atoms with E-state index in [9.17, 15) is 0 Å². The first-order chi connectivity index (χ1) is 10.3. The maximum absolute atomic E-state index is 5.49. The molecule has 0 spiro atoms. The SMILES string of the molecule is COc1cc(-c2ccccc2)c(C)c(-c2ccccc2)c1. The minimum absolute atomic E-state index is 0.887. The topological polar surface area (TPSA) is 9.23 Å². The van der Waals surface area contributed by atoms with Gasteiger partial charge < -0.3 is 4.74 Å². The first-order valence-electron chi connectivity index (χ1n) is 7.09. The average molecular weight is 274 g/mol. The van der Waals surface area contributed by atoms with E-state index in [-0.39, 0.29) is 0 Å². The number of rotatable bonds is 3. The van der Waals surface area contributed by atoms with Gasteiger partial charge in [0.15, 0.2) is 0 Å². The van der Waals surface area contributed by atoms with Crippen LogP contribution >= 0.6 is 0 Å². The van der Waals surface area contributed by atoms with Gasteiger partial charge in [0.2, 0.25) is 0 Å². The van der Waals surface area contributed by atoms with Crippen LogP contribution in [0.3, 0.4) is 0 Å². The van der Waals surface area contributed by atoms with E-state index in [0.717, 1.165) is 5.75 Å². The molecule has 21 heavy (non-hydrogen) atoms. The largest absolute Gasteiger partial charge is 0.497 e. The van der Waals surface area contributed by atoms with Gasteiger partial charge in [-0.05, 0) is 46.9 Å². The molecule has 0 aliphatic heterocycles. The summed E-state index contributed by atoms with van der Waals surface area (Å²) in [6.07, 6.45) is 0.